The monoisotopic (exact) mass is 800 g/mol. The maximum absolute atomic E-state index is 12.6. The van der Waals surface area contributed by atoms with Crippen LogP contribution < -0.4 is 5.32 Å². The number of hydrogen-bond donors (Lipinski definition) is 4. The minimum absolute atomic E-state index is 0.286. The Balaban J connectivity index is 3.88. The third-order valence-electron chi connectivity index (χ3n) is 11.3. The SMILES string of the molecule is CCCCCCCCCCCCCCCC/C=C/C(O)C(CS(=O)(=O)O)NC(=O)C(O)CCCCCCCCCCCCCCCCCCCCCCCC. The van der Waals surface area contributed by atoms with E-state index in [1.54, 1.807) is 0 Å². The van der Waals surface area contributed by atoms with Gasteiger partial charge in [0.1, 0.15) is 6.10 Å². The van der Waals surface area contributed by atoms with Crippen molar-refractivity contribution in [2.75, 3.05) is 5.75 Å². The first-order valence-corrected chi connectivity index (χ1v) is 25.6. The molecule has 0 radical (unpaired) electrons. The van der Waals surface area contributed by atoms with Crippen molar-refractivity contribution in [3.05, 3.63) is 12.2 Å². The maximum atomic E-state index is 12.6. The highest BCUT2D eigenvalue weighted by Gasteiger charge is 2.27. The van der Waals surface area contributed by atoms with Gasteiger partial charge in [-0.2, -0.15) is 8.42 Å². The molecule has 0 aliphatic heterocycles. The highest BCUT2D eigenvalue weighted by molar-refractivity contribution is 7.85. The molecular weight excluding hydrogens is 707 g/mol. The number of carbonyl (C=O) groups is 1. The second-order valence-corrected chi connectivity index (χ2v) is 18.4. The molecule has 0 saturated heterocycles. The van der Waals surface area contributed by atoms with Crippen molar-refractivity contribution in [3.8, 4) is 0 Å². The largest absolute Gasteiger partial charge is 0.387 e. The number of hydrogen-bond acceptors (Lipinski definition) is 5. The van der Waals surface area contributed by atoms with Crippen LogP contribution >= 0.6 is 0 Å². The molecule has 3 atom stereocenters. The van der Waals surface area contributed by atoms with Gasteiger partial charge in [-0.25, -0.2) is 0 Å². The second kappa shape index (κ2) is 41.2. The molecule has 7 nitrogen and oxygen atoms in total. The Bertz CT molecular complexity index is 942. The summed E-state index contributed by atoms with van der Waals surface area (Å²) in [5.41, 5.74) is 0. The van der Waals surface area contributed by atoms with Crippen molar-refractivity contribution < 1.29 is 28.0 Å². The maximum Gasteiger partial charge on any atom is 0.267 e. The van der Waals surface area contributed by atoms with E-state index in [0.717, 1.165) is 38.5 Å². The topological polar surface area (TPSA) is 124 Å². The van der Waals surface area contributed by atoms with E-state index >= 15 is 0 Å². The summed E-state index contributed by atoms with van der Waals surface area (Å²) in [7, 11) is -4.44. The number of allylic oxidation sites excluding steroid dienone is 1. The number of aliphatic hydroxyl groups excluding tert-OH is 2. The zero-order valence-corrected chi connectivity index (χ0v) is 37.3. The molecule has 0 aromatic heterocycles. The molecule has 0 aromatic rings. The van der Waals surface area contributed by atoms with Crippen LogP contribution in [0, 0.1) is 0 Å². The summed E-state index contributed by atoms with van der Waals surface area (Å²) in [4.78, 5) is 12.6. The Morgan fingerprint density at radius 2 is 0.782 bits per heavy atom. The molecule has 3 unspecified atom stereocenters. The molecule has 0 spiro atoms. The van der Waals surface area contributed by atoms with Crippen molar-refractivity contribution in [2.24, 2.45) is 0 Å². The van der Waals surface area contributed by atoms with E-state index in [9.17, 15) is 28.0 Å². The molecule has 0 rings (SSSR count). The fourth-order valence-corrected chi connectivity index (χ4v) is 8.37. The van der Waals surface area contributed by atoms with Crippen LogP contribution in [-0.4, -0.2) is 53.1 Å². The minimum atomic E-state index is -4.44. The van der Waals surface area contributed by atoms with Crippen molar-refractivity contribution >= 4 is 16.0 Å². The fraction of sp³-hybridized carbons (Fsp3) is 0.936. The lowest BCUT2D eigenvalue weighted by molar-refractivity contribution is -0.130. The van der Waals surface area contributed by atoms with E-state index in [-0.39, 0.29) is 6.42 Å². The molecule has 0 aliphatic rings. The van der Waals surface area contributed by atoms with Gasteiger partial charge in [0.2, 0.25) is 5.91 Å². The van der Waals surface area contributed by atoms with Crippen LogP contribution in [0.3, 0.4) is 0 Å². The Hall–Kier alpha value is -0.960. The molecule has 0 fully saturated rings. The average molecular weight is 800 g/mol. The summed E-state index contributed by atoms with van der Waals surface area (Å²) in [6.07, 6.45) is 48.5. The number of nitrogens with one attached hydrogen (secondary N) is 1. The van der Waals surface area contributed by atoms with Crippen molar-refractivity contribution in [1.82, 2.24) is 5.32 Å². The molecule has 0 aromatic carbocycles. The molecule has 4 N–H and O–H groups in total. The molecule has 1 amide bonds. The number of amides is 1. The first-order chi connectivity index (χ1) is 26.7. The minimum Gasteiger partial charge on any atom is -0.387 e. The molecule has 0 bridgehead atoms. The Labute approximate surface area is 342 Å². The van der Waals surface area contributed by atoms with Gasteiger partial charge in [0.05, 0.1) is 17.9 Å². The third kappa shape index (κ3) is 41.0. The van der Waals surface area contributed by atoms with E-state index in [4.69, 9.17) is 0 Å². The van der Waals surface area contributed by atoms with E-state index in [1.165, 1.54) is 199 Å². The fourth-order valence-electron chi connectivity index (χ4n) is 7.64. The summed E-state index contributed by atoms with van der Waals surface area (Å²) >= 11 is 0. The van der Waals surface area contributed by atoms with E-state index in [1.807, 2.05) is 6.08 Å². The normalized spacial score (nSPS) is 13.8. The summed E-state index contributed by atoms with van der Waals surface area (Å²) in [5.74, 6) is -1.52. The molecule has 0 aliphatic carbocycles. The lowest BCUT2D eigenvalue weighted by Gasteiger charge is -2.22. The van der Waals surface area contributed by atoms with Crippen molar-refractivity contribution in [2.45, 2.75) is 276 Å². The average Bonchev–Trinajstić information content (AvgIpc) is 3.15. The number of unbranched alkanes of at least 4 members (excludes halogenated alkanes) is 35. The molecule has 328 valence electrons. The number of rotatable bonds is 44. The summed E-state index contributed by atoms with van der Waals surface area (Å²) < 4.78 is 32.6. The van der Waals surface area contributed by atoms with Gasteiger partial charge in [0.25, 0.3) is 10.1 Å². The predicted octanol–water partition coefficient (Wildman–Crippen LogP) is 13.5. The second-order valence-electron chi connectivity index (χ2n) is 16.9. The smallest absolute Gasteiger partial charge is 0.267 e. The van der Waals surface area contributed by atoms with Crippen molar-refractivity contribution in [3.63, 3.8) is 0 Å². The summed E-state index contributed by atoms with van der Waals surface area (Å²) in [6, 6.07) is -1.23. The van der Waals surface area contributed by atoms with Gasteiger partial charge in [-0.15, -0.1) is 0 Å². The van der Waals surface area contributed by atoms with Crippen LogP contribution in [0.1, 0.15) is 258 Å². The van der Waals surface area contributed by atoms with Gasteiger partial charge in [-0.3, -0.25) is 9.35 Å². The lowest BCUT2D eigenvalue weighted by atomic mass is 10.0. The highest BCUT2D eigenvalue weighted by atomic mass is 32.2. The van der Waals surface area contributed by atoms with Gasteiger partial charge in [-0.05, 0) is 19.3 Å². The van der Waals surface area contributed by atoms with Crippen LogP contribution in [0.25, 0.3) is 0 Å². The zero-order valence-electron chi connectivity index (χ0n) is 36.4. The van der Waals surface area contributed by atoms with Crippen LogP contribution in [0.4, 0.5) is 0 Å². The van der Waals surface area contributed by atoms with E-state index in [0.29, 0.717) is 6.42 Å². The predicted molar refractivity (Wildman–Crippen MR) is 236 cm³/mol. The standard InChI is InChI=1S/C47H93NO6S/c1-3-5-7-9-11-13-15-17-19-21-22-23-24-25-26-28-30-32-34-36-38-40-42-46(50)47(51)48-44(43-55(52,53)54)45(49)41-39-37-35-33-31-29-27-20-18-16-14-12-10-8-6-4-2/h39,41,44-46,49-50H,3-38,40,42-43H2,1-2H3,(H,48,51)(H,52,53,54)/b41-39+. The van der Waals surface area contributed by atoms with Crippen LogP contribution in [-0.2, 0) is 14.9 Å². The van der Waals surface area contributed by atoms with Crippen LogP contribution in [0.2, 0.25) is 0 Å². The van der Waals surface area contributed by atoms with Gasteiger partial charge in [0.15, 0.2) is 0 Å². The summed E-state index contributed by atoms with van der Waals surface area (Å²) in [5, 5.41) is 23.5. The van der Waals surface area contributed by atoms with Gasteiger partial charge in [0, 0.05) is 0 Å². The van der Waals surface area contributed by atoms with Crippen LogP contribution in [0.15, 0.2) is 12.2 Å². The van der Waals surface area contributed by atoms with E-state index in [2.05, 4.69) is 19.2 Å². The lowest BCUT2D eigenvalue weighted by Crippen LogP contribution is -2.50. The Kier molecular flexibility index (Phi) is 40.5. The summed E-state index contributed by atoms with van der Waals surface area (Å²) in [6.45, 7) is 4.54. The Morgan fingerprint density at radius 1 is 0.491 bits per heavy atom. The van der Waals surface area contributed by atoms with E-state index < -0.39 is 40.0 Å². The number of aliphatic hydroxyl groups is 2. The van der Waals surface area contributed by atoms with Crippen molar-refractivity contribution in [1.29, 1.82) is 0 Å². The highest BCUT2D eigenvalue weighted by Crippen LogP contribution is 2.17. The molecular formula is C47H93NO6S. The molecule has 0 heterocycles. The van der Waals surface area contributed by atoms with Crippen LogP contribution in [0.5, 0.6) is 0 Å². The quantitative estimate of drug-likeness (QED) is 0.0276. The van der Waals surface area contributed by atoms with Gasteiger partial charge >= 0.3 is 0 Å². The first-order valence-electron chi connectivity index (χ1n) is 24.0. The third-order valence-corrected chi connectivity index (χ3v) is 12.1. The first kappa shape index (κ1) is 54.0. The molecule has 8 heteroatoms. The van der Waals surface area contributed by atoms with Gasteiger partial charge in [-0.1, -0.05) is 251 Å². The zero-order chi connectivity index (χ0) is 40.5. The van der Waals surface area contributed by atoms with Gasteiger partial charge < -0.3 is 15.5 Å². The number of carbonyl (C=O) groups excluding carboxylic acids is 1. The molecule has 55 heavy (non-hydrogen) atoms. The molecule has 0 saturated carbocycles. The Morgan fingerprint density at radius 3 is 1.09 bits per heavy atom.